The van der Waals surface area contributed by atoms with Crippen molar-refractivity contribution in [2.75, 3.05) is 5.32 Å². The predicted octanol–water partition coefficient (Wildman–Crippen LogP) is 4.25. The van der Waals surface area contributed by atoms with E-state index < -0.39 is 0 Å². The summed E-state index contributed by atoms with van der Waals surface area (Å²) in [7, 11) is 0. The smallest absolute Gasteiger partial charge is 0.224 e. The number of anilines is 1. The molecule has 1 aromatic heterocycles. The van der Waals surface area contributed by atoms with Crippen LogP contribution in [-0.2, 0) is 17.9 Å². The number of ether oxygens (including phenoxy) is 1. The van der Waals surface area contributed by atoms with E-state index in [1.54, 1.807) is 10.9 Å². The van der Waals surface area contributed by atoms with Crippen molar-refractivity contribution in [2.45, 2.75) is 52.2 Å². The van der Waals surface area contributed by atoms with E-state index in [1.165, 1.54) is 31.2 Å². The fourth-order valence-electron chi connectivity index (χ4n) is 4.54. The minimum Gasteiger partial charge on any atom is -0.471 e. The van der Waals surface area contributed by atoms with Gasteiger partial charge in [0.25, 0.3) is 0 Å². The molecule has 2 aliphatic carbocycles. The second-order valence-corrected chi connectivity index (χ2v) is 7.73. The summed E-state index contributed by atoms with van der Waals surface area (Å²) in [6, 6.07) is 8.08. The Morgan fingerprint density at radius 1 is 1.27 bits per heavy atom. The van der Waals surface area contributed by atoms with Crippen LogP contribution in [-0.4, -0.2) is 15.7 Å². The van der Waals surface area contributed by atoms with E-state index in [-0.39, 0.29) is 5.91 Å². The molecule has 138 valence electrons. The highest BCUT2D eigenvalue weighted by Gasteiger charge is 2.40. The number of carbonyl (C=O) groups is 1. The molecule has 0 saturated heterocycles. The van der Waals surface area contributed by atoms with Crippen LogP contribution < -0.4 is 10.1 Å². The first-order valence-corrected chi connectivity index (χ1v) is 9.73. The van der Waals surface area contributed by atoms with Crippen molar-refractivity contribution in [3.8, 4) is 5.75 Å². The first-order chi connectivity index (χ1) is 12.7. The Kier molecular flexibility index (Phi) is 4.96. The quantitative estimate of drug-likeness (QED) is 0.810. The lowest BCUT2D eigenvalue weighted by Crippen LogP contribution is -2.20. The zero-order valence-corrected chi connectivity index (χ0v) is 15.4. The normalized spacial score (nSPS) is 24.0. The van der Waals surface area contributed by atoms with Crippen molar-refractivity contribution < 1.29 is 9.53 Å². The summed E-state index contributed by atoms with van der Waals surface area (Å²) in [5, 5.41) is 7.25. The van der Waals surface area contributed by atoms with Crippen LogP contribution in [0.5, 0.6) is 5.75 Å². The first kappa shape index (κ1) is 17.1. The summed E-state index contributed by atoms with van der Waals surface area (Å²) in [4.78, 5) is 12.3. The summed E-state index contributed by atoms with van der Waals surface area (Å²) in [5.74, 6) is 3.17. The number of aromatic nitrogens is 2. The molecule has 5 nitrogen and oxygen atoms in total. The summed E-state index contributed by atoms with van der Waals surface area (Å²) >= 11 is 0. The van der Waals surface area contributed by atoms with E-state index in [0.29, 0.717) is 19.1 Å². The van der Waals surface area contributed by atoms with Crippen LogP contribution in [0.2, 0.25) is 0 Å². The topological polar surface area (TPSA) is 56.1 Å². The number of nitrogens with zero attached hydrogens (tertiary/aromatic N) is 2. The molecule has 1 aromatic carbocycles. The molecule has 1 amide bonds. The van der Waals surface area contributed by atoms with Gasteiger partial charge in [-0.05, 0) is 61.1 Å². The molecule has 4 rings (SSSR count). The fraction of sp³-hybridized carbons (Fsp3) is 0.524. The summed E-state index contributed by atoms with van der Waals surface area (Å²) < 4.78 is 7.43. The molecule has 26 heavy (non-hydrogen) atoms. The maximum Gasteiger partial charge on any atom is 0.224 e. The SMILES string of the molecule is CCc1ccc(OCn2cc(NC(=O)CC3CC4CCC3C4)cn2)cc1. The van der Waals surface area contributed by atoms with E-state index >= 15 is 0 Å². The Morgan fingerprint density at radius 2 is 2.12 bits per heavy atom. The number of aryl methyl sites for hydroxylation is 1. The van der Waals surface area contributed by atoms with Crippen LogP contribution in [0.25, 0.3) is 0 Å². The molecule has 0 radical (unpaired) electrons. The first-order valence-electron chi connectivity index (χ1n) is 9.73. The van der Waals surface area contributed by atoms with Gasteiger partial charge in [0.1, 0.15) is 5.75 Å². The van der Waals surface area contributed by atoms with Crippen molar-refractivity contribution >= 4 is 11.6 Å². The number of nitrogens with one attached hydrogen (secondary N) is 1. The number of benzene rings is 1. The van der Waals surface area contributed by atoms with Crippen LogP contribution in [0.1, 0.15) is 44.6 Å². The van der Waals surface area contributed by atoms with Gasteiger partial charge in [-0.25, -0.2) is 4.68 Å². The number of hydrogen-bond acceptors (Lipinski definition) is 3. The Bertz CT molecular complexity index is 753. The number of rotatable bonds is 7. The van der Waals surface area contributed by atoms with Crippen LogP contribution in [0, 0.1) is 17.8 Å². The van der Waals surface area contributed by atoms with Crippen LogP contribution in [0.4, 0.5) is 5.69 Å². The number of carbonyl (C=O) groups excluding carboxylic acids is 1. The summed E-state index contributed by atoms with van der Waals surface area (Å²) in [5.41, 5.74) is 2.03. The molecular formula is C21H27N3O2. The lowest BCUT2D eigenvalue weighted by Gasteiger charge is -2.20. The zero-order valence-electron chi connectivity index (χ0n) is 15.4. The molecule has 2 saturated carbocycles. The van der Waals surface area contributed by atoms with E-state index in [9.17, 15) is 4.79 Å². The van der Waals surface area contributed by atoms with Gasteiger partial charge >= 0.3 is 0 Å². The zero-order chi connectivity index (χ0) is 17.9. The molecule has 3 atom stereocenters. The van der Waals surface area contributed by atoms with E-state index in [0.717, 1.165) is 29.7 Å². The molecule has 5 heteroatoms. The third-order valence-corrected chi connectivity index (χ3v) is 5.94. The van der Waals surface area contributed by atoms with Gasteiger partial charge in [0.15, 0.2) is 6.73 Å². The molecule has 2 aliphatic rings. The molecule has 2 aromatic rings. The molecule has 0 aliphatic heterocycles. The van der Waals surface area contributed by atoms with Crippen molar-refractivity contribution in [3.05, 3.63) is 42.2 Å². The highest BCUT2D eigenvalue weighted by Crippen LogP contribution is 2.49. The monoisotopic (exact) mass is 353 g/mol. The average Bonchev–Trinajstić information content (AvgIpc) is 3.37. The van der Waals surface area contributed by atoms with Gasteiger partial charge in [0, 0.05) is 6.42 Å². The molecule has 2 bridgehead atoms. The molecular weight excluding hydrogens is 326 g/mol. The number of hydrogen-bond donors (Lipinski definition) is 1. The van der Waals surface area contributed by atoms with Crippen LogP contribution >= 0.6 is 0 Å². The molecule has 2 fully saturated rings. The van der Waals surface area contributed by atoms with E-state index in [2.05, 4.69) is 29.5 Å². The van der Waals surface area contributed by atoms with E-state index in [1.807, 2.05) is 18.3 Å². The van der Waals surface area contributed by atoms with Crippen LogP contribution in [0.15, 0.2) is 36.7 Å². The standard InChI is InChI=1S/C21H27N3O2/c1-2-15-4-7-20(8-5-15)26-14-24-13-19(12-22-24)23-21(25)11-18-10-16-3-6-17(18)9-16/h4-5,7-8,12-13,16-18H,2-3,6,9-11,14H2,1H3,(H,23,25). The second-order valence-electron chi connectivity index (χ2n) is 7.73. The van der Waals surface area contributed by atoms with Crippen molar-refractivity contribution in [1.29, 1.82) is 0 Å². The number of amides is 1. The van der Waals surface area contributed by atoms with Gasteiger partial charge in [0.05, 0.1) is 18.1 Å². The van der Waals surface area contributed by atoms with Gasteiger partial charge in [0.2, 0.25) is 5.91 Å². The third kappa shape index (κ3) is 3.92. The van der Waals surface area contributed by atoms with Gasteiger partial charge in [-0.15, -0.1) is 0 Å². The molecule has 0 spiro atoms. The van der Waals surface area contributed by atoms with Crippen molar-refractivity contribution in [2.24, 2.45) is 17.8 Å². The molecule has 1 heterocycles. The second kappa shape index (κ2) is 7.52. The Morgan fingerprint density at radius 3 is 2.81 bits per heavy atom. The maximum atomic E-state index is 12.3. The highest BCUT2D eigenvalue weighted by atomic mass is 16.5. The third-order valence-electron chi connectivity index (χ3n) is 5.94. The average molecular weight is 353 g/mol. The maximum absolute atomic E-state index is 12.3. The summed E-state index contributed by atoms with van der Waals surface area (Å²) in [6.45, 7) is 2.46. The van der Waals surface area contributed by atoms with Crippen molar-refractivity contribution in [3.63, 3.8) is 0 Å². The summed E-state index contributed by atoms with van der Waals surface area (Å²) in [6.07, 6.45) is 10.4. The Balaban J connectivity index is 1.25. The lowest BCUT2D eigenvalue weighted by molar-refractivity contribution is -0.117. The van der Waals surface area contributed by atoms with Crippen molar-refractivity contribution in [1.82, 2.24) is 9.78 Å². The minimum absolute atomic E-state index is 0.109. The minimum atomic E-state index is 0.109. The van der Waals surface area contributed by atoms with Gasteiger partial charge < -0.3 is 10.1 Å². The van der Waals surface area contributed by atoms with Crippen LogP contribution in [0.3, 0.4) is 0 Å². The van der Waals surface area contributed by atoms with Gasteiger partial charge in [-0.2, -0.15) is 5.10 Å². The molecule has 1 N–H and O–H groups in total. The van der Waals surface area contributed by atoms with Gasteiger partial charge in [-0.3, -0.25) is 4.79 Å². The van der Waals surface area contributed by atoms with Gasteiger partial charge in [-0.1, -0.05) is 25.5 Å². The number of fused-ring (bicyclic) bond motifs is 2. The highest BCUT2D eigenvalue weighted by molar-refractivity contribution is 5.90. The predicted molar refractivity (Wildman–Crippen MR) is 101 cm³/mol. The lowest BCUT2D eigenvalue weighted by atomic mass is 9.86. The Hall–Kier alpha value is -2.30. The Labute approximate surface area is 154 Å². The van der Waals surface area contributed by atoms with E-state index in [4.69, 9.17) is 4.74 Å². The largest absolute Gasteiger partial charge is 0.471 e. The molecule has 3 unspecified atom stereocenters. The fourth-order valence-corrected chi connectivity index (χ4v) is 4.54.